The van der Waals surface area contributed by atoms with Crippen LogP contribution in [-0.2, 0) is 24.3 Å². The number of rotatable bonds is 8. The molecule has 0 aromatic heterocycles. The summed E-state index contributed by atoms with van der Waals surface area (Å²) in [5, 5.41) is 3.05. The van der Waals surface area contributed by atoms with Gasteiger partial charge in [-0.2, -0.15) is 0 Å². The van der Waals surface area contributed by atoms with Crippen LogP contribution in [0.2, 0.25) is 0 Å². The predicted octanol–water partition coefficient (Wildman–Crippen LogP) is 4.37. The van der Waals surface area contributed by atoms with Gasteiger partial charge in [0.2, 0.25) is 5.91 Å². The second-order valence-corrected chi connectivity index (χ2v) is 8.61. The lowest BCUT2D eigenvalue weighted by atomic mass is 9.82. The second kappa shape index (κ2) is 10.00. The summed E-state index contributed by atoms with van der Waals surface area (Å²) in [7, 11) is 1.62. The first-order valence-corrected chi connectivity index (χ1v) is 11.5. The molecule has 0 radical (unpaired) electrons. The van der Waals surface area contributed by atoms with Gasteiger partial charge in [-0.25, -0.2) is 0 Å². The van der Waals surface area contributed by atoms with Crippen molar-refractivity contribution in [2.75, 3.05) is 13.7 Å². The van der Waals surface area contributed by atoms with E-state index in [0.717, 1.165) is 28.2 Å². The number of nitrogens with one attached hydrogen (secondary N) is 1. The van der Waals surface area contributed by atoms with E-state index in [1.807, 2.05) is 86.6 Å². The van der Waals surface area contributed by atoms with Gasteiger partial charge in [0.05, 0.1) is 13.7 Å². The molecule has 3 aromatic rings. The minimum Gasteiger partial charge on any atom is -0.497 e. The number of amides is 2. The molecule has 0 unspecified atom stereocenters. The number of hydrogen-bond donors (Lipinski definition) is 1. The molecule has 0 saturated heterocycles. The van der Waals surface area contributed by atoms with Crippen molar-refractivity contribution in [3.05, 3.63) is 95.1 Å². The highest BCUT2D eigenvalue weighted by atomic mass is 16.5. The van der Waals surface area contributed by atoms with Crippen molar-refractivity contribution in [2.24, 2.45) is 0 Å². The van der Waals surface area contributed by atoms with Gasteiger partial charge in [0, 0.05) is 25.1 Å². The van der Waals surface area contributed by atoms with Crippen LogP contribution < -0.4 is 14.8 Å². The van der Waals surface area contributed by atoms with Gasteiger partial charge in [-0.3, -0.25) is 9.59 Å². The summed E-state index contributed by atoms with van der Waals surface area (Å²) in [6.45, 7) is 5.07. The average molecular weight is 459 g/mol. The number of fused-ring (bicyclic) bond motifs is 1. The number of ether oxygens (including phenoxy) is 2. The zero-order valence-corrected chi connectivity index (χ0v) is 19.8. The van der Waals surface area contributed by atoms with Crippen molar-refractivity contribution in [3.8, 4) is 11.5 Å². The first-order chi connectivity index (χ1) is 16.4. The Hall–Kier alpha value is -3.80. The third kappa shape index (κ3) is 4.76. The first-order valence-electron chi connectivity index (χ1n) is 11.5. The van der Waals surface area contributed by atoms with E-state index in [-0.39, 0.29) is 11.8 Å². The summed E-state index contributed by atoms with van der Waals surface area (Å²) in [5.74, 6) is 1.22. The molecule has 176 valence electrons. The fourth-order valence-corrected chi connectivity index (χ4v) is 4.32. The monoisotopic (exact) mass is 458 g/mol. The topological polar surface area (TPSA) is 67.9 Å². The maximum atomic E-state index is 13.6. The van der Waals surface area contributed by atoms with Gasteiger partial charge >= 0.3 is 0 Å². The molecule has 2 amide bonds. The van der Waals surface area contributed by atoms with Gasteiger partial charge < -0.3 is 19.7 Å². The smallest absolute Gasteiger partial charge is 0.255 e. The van der Waals surface area contributed by atoms with Gasteiger partial charge in [-0.1, -0.05) is 42.5 Å². The van der Waals surface area contributed by atoms with Crippen LogP contribution in [0.25, 0.3) is 0 Å². The van der Waals surface area contributed by atoms with Crippen LogP contribution in [-0.4, -0.2) is 36.0 Å². The SMILES string of the molecule is CCOc1ccc(CN2C(=O)c3ccccc3C[C@@]2(C)C(=O)NCc2ccc(OC)cc2)cc1. The molecular formula is C28H30N2O4. The standard InChI is InChI=1S/C28H30N2O4/c1-4-34-24-15-11-21(12-16-24)19-30-26(31)25-8-6-5-7-22(25)17-28(30,2)27(32)29-18-20-9-13-23(33-3)14-10-20/h5-16H,4,17-19H2,1-3H3,(H,29,32)/t28-/m0/s1. The summed E-state index contributed by atoms with van der Waals surface area (Å²) in [6.07, 6.45) is 0.445. The minimum atomic E-state index is -1.03. The molecule has 0 spiro atoms. The van der Waals surface area contributed by atoms with Crippen molar-refractivity contribution >= 4 is 11.8 Å². The molecule has 6 heteroatoms. The minimum absolute atomic E-state index is 0.141. The Morgan fingerprint density at radius 1 is 0.971 bits per heavy atom. The summed E-state index contributed by atoms with van der Waals surface area (Å²) >= 11 is 0. The predicted molar refractivity (Wildman–Crippen MR) is 131 cm³/mol. The summed E-state index contributed by atoms with van der Waals surface area (Å²) < 4.78 is 10.7. The van der Waals surface area contributed by atoms with E-state index < -0.39 is 5.54 Å². The van der Waals surface area contributed by atoms with Gasteiger partial charge in [0.15, 0.2) is 0 Å². The number of carbonyl (C=O) groups excluding carboxylic acids is 2. The quantitative estimate of drug-likeness (QED) is 0.544. The third-order valence-corrected chi connectivity index (χ3v) is 6.30. The van der Waals surface area contributed by atoms with Gasteiger partial charge in [-0.15, -0.1) is 0 Å². The molecule has 1 heterocycles. The van der Waals surface area contributed by atoms with Crippen LogP contribution in [0.15, 0.2) is 72.8 Å². The van der Waals surface area contributed by atoms with Crippen LogP contribution in [0.1, 0.15) is 40.9 Å². The Morgan fingerprint density at radius 3 is 2.29 bits per heavy atom. The summed E-state index contributed by atoms with van der Waals surface area (Å²) in [4.78, 5) is 28.8. The molecule has 6 nitrogen and oxygen atoms in total. The molecule has 3 aromatic carbocycles. The molecule has 0 saturated carbocycles. The number of nitrogens with zero attached hydrogens (tertiary/aromatic N) is 1. The number of benzene rings is 3. The van der Waals surface area contributed by atoms with E-state index in [1.54, 1.807) is 12.0 Å². The van der Waals surface area contributed by atoms with Crippen molar-refractivity contribution < 1.29 is 19.1 Å². The van der Waals surface area contributed by atoms with E-state index in [4.69, 9.17) is 9.47 Å². The van der Waals surface area contributed by atoms with E-state index in [1.165, 1.54) is 0 Å². The van der Waals surface area contributed by atoms with Crippen LogP contribution in [0.5, 0.6) is 11.5 Å². The molecule has 1 atom stereocenters. The molecule has 4 rings (SSSR count). The van der Waals surface area contributed by atoms with Crippen molar-refractivity contribution in [1.82, 2.24) is 10.2 Å². The maximum absolute atomic E-state index is 13.6. The van der Waals surface area contributed by atoms with E-state index >= 15 is 0 Å². The number of methoxy groups -OCH3 is 1. The third-order valence-electron chi connectivity index (χ3n) is 6.30. The average Bonchev–Trinajstić information content (AvgIpc) is 2.86. The zero-order chi connectivity index (χ0) is 24.1. The summed E-state index contributed by atoms with van der Waals surface area (Å²) in [6, 6.07) is 22.7. The highest BCUT2D eigenvalue weighted by Gasteiger charge is 2.46. The Morgan fingerprint density at radius 2 is 1.62 bits per heavy atom. The molecule has 0 aliphatic carbocycles. The van der Waals surface area contributed by atoms with E-state index in [9.17, 15) is 9.59 Å². The molecule has 1 aliphatic heterocycles. The summed E-state index contributed by atoms with van der Waals surface area (Å²) in [5.41, 5.74) is 2.39. The maximum Gasteiger partial charge on any atom is 0.255 e. The van der Waals surface area contributed by atoms with Crippen LogP contribution in [0.3, 0.4) is 0 Å². The Bertz CT molecular complexity index is 1160. The Balaban J connectivity index is 1.59. The van der Waals surface area contributed by atoms with Gasteiger partial charge in [0.25, 0.3) is 5.91 Å². The Kier molecular flexibility index (Phi) is 6.87. The fourth-order valence-electron chi connectivity index (χ4n) is 4.32. The lowest BCUT2D eigenvalue weighted by molar-refractivity contribution is -0.132. The zero-order valence-electron chi connectivity index (χ0n) is 19.8. The van der Waals surface area contributed by atoms with E-state index in [2.05, 4.69) is 5.32 Å². The lowest BCUT2D eigenvalue weighted by Crippen LogP contribution is -2.62. The number of carbonyl (C=O) groups is 2. The lowest BCUT2D eigenvalue weighted by Gasteiger charge is -2.44. The van der Waals surface area contributed by atoms with Gasteiger partial charge in [0.1, 0.15) is 17.0 Å². The van der Waals surface area contributed by atoms with Gasteiger partial charge in [-0.05, 0) is 60.9 Å². The largest absolute Gasteiger partial charge is 0.497 e. The molecule has 1 aliphatic rings. The van der Waals surface area contributed by atoms with Crippen LogP contribution >= 0.6 is 0 Å². The first kappa shape index (κ1) is 23.4. The van der Waals surface area contributed by atoms with E-state index in [0.29, 0.717) is 31.7 Å². The Labute approximate surface area is 200 Å². The second-order valence-electron chi connectivity index (χ2n) is 8.61. The number of hydrogen-bond acceptors (Lipinski definition) is 4. The normalized spacial score (nSPS) is 17.1. The highest BCUT2D eigenvalue weighted by Crippen LogP contribution is 2.33. The molecule has 0 bridgehead atoms. The molecule has 1 N–H and O–H groups in total. The van der Waals surface area contributed by atoms with Crippen LogP contribution in [0.4, 0.5) is 0 Å². The van der Waals surface area contributed by atoms with Crippen molar-refractivity contribution in [1.29, 1.82) is 0 Å². The van der Waals surface area contributed by atoms with Crippen LogP contribution in [0, 0.1) is 0 Å². The molecular weight excluding hydrogens is 428 g/mol. The molecule has 34 heavy (non-hydrogen) atoms. The molecule has 0 fully saturated rings. The highest BCUT2D eigenvalue weighted by molar-refractivity contribution is 6.02. The van der Waals surface area contributed by atoms with Crippen molar-refractivity contribution in [2.45, 2.75) is 38.9 Å². The fraction of sp³-hybridized carbons (Fsp3) is 0.286. The van der Waals surface area contributed by atoms with Crippen molar-refractivity contribution in [3.63, 3.8) is 0 Å².